The summed E-state index contributed by atoms with van der Waals surface area (Å²) in [4.78, 5) is 18.5. The molecule has 4 rings (SSSR count). The molecule has 1 aliphatic rings. The SMILES string of the molecule is Cc1ncnn1-c1cccc(NC(=O)N2CCCC2c2cc(F)ccc2F)c1. The number of halogens is 2. The van der Waals surface area contributed by atoms with Crippen LogP contribution in [0.15, 0.2) is 48.8 Å². The third kappa shape index (κ3) is 3.45. The molecule has 0 spiro atoms. The Labute approximate surface area is 160 Å². The van der Waals surface area contributed by atoms with Gasteiger partial charge in [-0.05, 0) is 56.2 Å². The van der Waals surface area contributed by atoms with Crippen molar-refractivity contribution in [3.05, 3.63) is 71.8 Å². The third-order valence-electron chi connectivity index (χ3n) is 4.89. The zero-order valence-electron chi connectivity index (χ0n) is 15.3. The molecule has 144 valence electrons. The van der Waals surface area contributed by atoms with Gasteiger partial charge in [0.25, 0.3) is 0 Å². The van der Waals surface area contributed by atoms with E-state index in [2.05, 4.69) is 15.4 Å². The Kier molecular flexibility index (Phi) is 4.77. The van der Waals surface area contributed by atoms with Crippen molar-refractivity contribution in [2.45, 2.75) is 25.8 Å². The summed E-state index contributed by atoms with van der Waals surface area (Å²) < 4.78 is 29.4. The highest BCUT2D eigenvalue weighted by atomic mass is 19.1. The second kappa shape index (κ2) is 7.38. The lowest BCUT2D eigenvalue weighted by Gasteiger charge is -2.25. The largest absolute Gasteiger partial charge is 0.322 e. The molecule has 1 fully saturated rings. The molecule has 28 heavy (non-hydrogen) atoms. The van der Waals surface area contributed by atoms with Crippen LogP contribution in [0.25, 0.3) is 5.69 Å². The topological polar surface area (TPSA) is 63.1 Å². The van der Waals surface area contributed by atoms with Gasteiger partial charge >= 0.3 is 6.03 Å². The van der Waals surface area contributed by atoms with E-state index in [1.54, 1.807) is 27.8 Å². The summed E-state index contributed by atoms with van der Waals surface area (Å²) in [6, 6.07) is 9.72. The first-order chi connectivity index (χ1) is 13.5. The van der Waals surface area contributed by atoms with Crippen molar-refractivity contribution in [2.75, 3.05) is 11.9 Å². The molecule has 1 aromatic heterocycles. The molecule has 0 aliphatic carbocycles. The molecular weight excluding hydrogens is 364 g/mol. The first-order valence-electron chi connectivity index (χ1n) is 9.02. The predicted octanol–water partition coefficient (Wildman–Crippen LogP) is 4.22. The van der Waals surface area contributed by atoms with Gasteiger partial charge in [-0.3, -0.25) is 0 Å². The Morgan fingerprint density at radius 1 is 1.21 bits per heavy atom. The van der Waals surface area contributed by atoms with Gasteiger partial charge in [0, 0.05) is 17.8 Å². The number of hydrogen-bond donors (Lipinski definition) is 1. The number of carbonyl (C=O) groups is 1. The molecule has 0 bridgehead atoms. The molecule has 8 heteroatoms. The molecule has 1 N–H and O–H groups in total. The van der Waals surface area contributed by atoms with Crippen LogP contribution in [-0.2, 0) is 0 Å². The molecule has 1 atom stereocenters. The van der Waals surface area contributed by atoms with Crippen molar-refractivity contribution in [1.82, 2.24) is 19.7 Å². The fourth-order valence-corrected chi connectivity index (χ4v) is 3.57. The molecule has 1 aliphatic heterocycles. The number of nitrogens with one attached hydrogen (secondary N) is 1. The van der Waals surface area contributed by atoms with Crippen molar-refractivity contribution in [1.29, 1.82) is 0 Å². The van der Waals surface area contributed by atoms with E-state index in [9.17, 15) is 13.6 Å². The minimum atomic E-state index is -0.514. The van der Waals surface area contributed by atoms with Crippen LogP contribution in [0.5, 0.6) is 0 Å². The number of amides is 2. The van der Waals surface area contributed by atoms with Gasteiger partial charge in [-0.25, -0.2) is 23.2 Å². The molecule has 1 unspecified atom stereocenters. The molecular formula is C20H19F2N5O. The number of benzene rings is 2. The summed E-state index contributed by atoms with van der Waals surface area (Å²) in [5.74, 6) is -0.293. The quantitative estimate of drug-likeness (QED) is 0.736. The second-order valence-electron chi connectivity index (χ2n) is 6.72. The molecule has 1 saturated heterocycles. The van der Waals surface area contributed by atoms with E-state index in [0.29, 0.717) is 18.7 Å². The summed E-state index contributed by atoms with van der Waals surface area (Å²) in [6.45, 7) is 2.31. The summed E-state index contributed by atoms with van der Waals surface area (Å²) in [6.07, 6.45) is 2.78. The van der Waals surface area contributed by atoms with Crippen LogP contribution >= 0.6 is 0 Å². The van der Waals surface area contributed by atoms with Gasteiger partial charge in [0.15, 0.2) is 0 Å². The maximum absolute atomic E-state index is 14.2. The number of urea groups is 1. The molecule has 0 saturated carbocycles. The third-order valence-corrected chi connectivity index (χ3v) is 4.89. The molecule has 2 amide bonds. The van der Waals surface area contributed by atoms with Gasteiger partial charge in [-0.15, -0.1) is 0 Å². The summed E-state index contributed by atoms with van der Waals surface area (Å²) >= 11 is 0. The van der Waals surface area contributed by atoms with Gasteiger partial charge < -0.3 is 10.2 Å². The van der Waals surface area contributed by atoms with Gasteiger partial charge in [0.1, 0.15) is 23.8 Å². The highest BCUT2D eigenvalue weighted by molar-refractivity contribution is 5.90. The van der Waals surface area contributed by atoms with Crippen LogP contribution in [0.2, 0.25) is 0 Å². The van der Waals surface area contributed by atoms with Crippen molar-refractivity contribution >= 4 is 11.7 Å². The lowest BCUT2D eigenvalue weighted by atomic mass is 10.0. The number of aryl methyl sites for hydroxylation is 1. The standard InChI is InChI=1S/C20H19F2N5O/c1-13-23-12-24-27(13)16-5-2-4-15(11-16)25-20(28)26-9-3-6-19(26)17-10-14(21)7-8-18(17)22/h2,4-5,7-8,10-12,19H,3,6,9H2,1H3,(H,25,28). The maximum atomic E-state index is 14.2. The fraction of sp³-hybridized carbons (Fsp3) is 0.250. The maximum Gasteiger partial charge on any atom is 0.322 e. The Hall–Kier alpha value is -3.29. The van der Waals surface area contributed by atoms with E-state index < -0.39 is 17.7 Å². The molecule has 0 radical (unpaired) electrons. The highest BCUT2D eigenvalue weighted by Crippen LogP contribution is 2.34. The molecule has 2 heterocycles. The van der Waals surface area contributed by atoms with E-state index in [1.807, 2.05) is 13.0 Å². The number of hydrogen-bond acceptors (Lipinski definition) is 3. The Morgan fingerprint density at radius 3 is 2.86 bits per heavy atom. The second-order valence-corrected chi connectivity index (χ2v) is 6.72. The van der Waals surface area contributed by atoms with Crippen molar-refractivity contribution in [2.24, 2.45) is 0 Å². The summed E-state index contributed by atoms with van der Waals surface area (Å²) in [5, 5.41) is 7.01. The number of nitrogens with zero attached hydrogens (tertiary/aromatic N) is 4. The Bertz CT molecular complexity index is 1020. The van der Waals surface area contributed by atoms with Gasteiger partial charge in [0.05, 0.1) is 11.7 Å². The minimum absolute atomic E-state index is 0.208. The van der Waals surface area contributed by atoms with Crippen LogP contribution < -0.4 is 5.32 Å². The normalized spacial score (nSPS) is 16.4. The number of rotatable bonds is 3. The van der Waals surface area contributed by atoms with E-state index in [4.69, 9.17) is 0 Å². The van der Waals surface area contributed by atoms with Crippen LogP contribution in [0.1, 0.15) is 30.3 Å². The number of aromatic nitrogens is 3. The first-order valence-corrected chi connectivity index (χ1v) is 9.02. The number of carbonyl (C=O) groups excluding carboxylic acids is 1. The summed E-state index contributed by atoms with van der Waals surface area (Å²) in [5.41, 5.74) is 1.56. The Morgan fingerprint density at radius 2 is 2.07 bits per heavy atom. The van der Waals surface area contributed by atoms with E-state index in [-0.39, 0.29) is 11.6 Å². The first kappa shape index (κ1) is 18.1. The van der Waals surface area contributed by atoms with E-state index in [0.717, 1.165) is 30.1 Å². The zero-order chi connectivity index (χ0) is 19.7. The number of anilines is 1. The van der Waals surface area contributed by atoms with Crippen molar-refractivity contribution in [3.8, 4) is 5.69 Å². The summed E-state index contributed by atoms with van der Waals surface area (Å²) in [7, 11) is 0. The fourth-order valence-electron chi connectivity index (χ4n) is 3.57. The monoisotopic (exact) mass is 383 g/mol. The smallest absolute Gasteiger partial charge is 0.317 e. The Balaban J connectivity index is 1.55. The van der Waals surface area contributed by atoms with Crippen molar-refractivity contribution in [3.63, 3.8) is 0 Å². The average molecular weight is 383 g/mol. The highest BCUT2D eigenvalue weighted by Gasteiger charge is 2.32. The average Bonchev–Trinajstić information content (AvgIpc) is 3.33. The van der Waals surface area contributed by atoms with Gasteiger partial charge in [-0.2, -0.15) is 5.10 Å². The predicted molar refractivity (Wildman–Crippen MR) is 100 cm³/mol. The lowest BCUT2D eigenvalue weighted by molar-refractivity contribution is 0.206. The van der Waals surface area contributed by atoms with Crippen LogP contribution in [0.4, 0.5) is 19.3 Å². The van der Waals surface area contributed by atoms with E-state index in [1.165, 1.54) is 12.4 Å². The molecule has 3 aromatic rings. The lowest BCUT2D eigenvalue weighted by Crippen LogP contribution is -2.34. The van der Waals surface area contributed by atoms with Gasteiger partial charge in [0.2, 0.25) is 0 Å². The zero-order valence-corrected chi connectivity index (χ0v) is 15.3. The van der Waals surface area contributed by atoms with Crippen LogP contribution in [0, 0.1) is 18.6 Å². The molecule has 6 nitrogen and oxygen atoms in total. The minimum Gasteiger partial charge on any atom is -0.317 e. The van der Waals surface area contributed by atoms with Crippen molar-refractivity contribution < 1.29 is 13.6 Å². The van der Waals surface area contributed by atoms with Crippen LogP contribution in [-0.4, -0.2) is 32.2 Å². The number of likely N-dealkylation sites (tertiary alicyclic amines) is 1. The van der Waals surface area contributed by atoms with Gasteiger partial charge in [-0.1, -0.05) is 6.07 Å². The van der Waals surface area contributed by atoms with Crippen LogP contribution in [0.3, 0.4) is 0 Å². The molecule has 2 aromatic carbocycles. The van der Waals surface area contributed by atoms with E-state index >= 15 is 0 Å².